The Labute approximate surface area is 155 Å². The number of aliphatic imine (C=N–C) groups is 1. The minimum absolute atomic E-state index is 0.0687. The van der Waals surface area contributed by atoms with E-state index >= 15 is 0 Å². The van der Waals surface area contributed by atoms with Crippen LogP contribution in [0.2, 0.25) is 5.02 Å². The molecule has 0 amide bonds. The number of phenols is 1. The number of rotatable bonds is 4. The number of aromatic nitrogens is 1. The van der Waals surface area contributed by atoms with Crippen LogP contribution in [0, 0.1) is 13.8 Å². The molecule has 26 heavy (non-hydrogen) atoms. The van der Waals surface area contributed by atoms with E-state index in [0.29, 0.717) is 5.69 Å². The van der Waals surface area contributed by atoms with Gasteiger partial charge in [-0.3, -0.25) is 4.99 Å². The van der Waals surface area contributed by atoms with Gasteiger partial charge in [0.15, 0.2) is 0 Å². The van der Waals surface area contributed by atoms with Gasteiger partial charge in [0.25, 0.3) is 0 Å². The third-order valence-corrected chi connectivity index (χ3v) is 4.45. The average Bonchev–Trinajstić information content (AvgIpc) is 2.87. The van der Waals surface area contributed by atoms with Gasteiger partial charge in [-0.15, -0.1) is 0 Å². The highest BCUT2D eigenvalue weighted by atomic mass is 35.5. The second-order valence-electron chi connectivity index (χ2n) is 5.88. The quantitative estimate of drug-likeness (QED) is 0.643. The predicted molar refractivity (Wildman–Crippen MR) is 103 cm³/mol. The van der Waals surface area contributed by atoms with Crippen LogP contribution in [0.1, 0.15) is 27.3 Å². The van der Waals surface area contributed by atoms with Crippen molar-refractivity contribution in [2.75, 3.05) is 0 Å². The van der Waals surface area contributed by atoms with Crippen LogP contribution in [0.25, 0.3) is 5.69 Å². The zero-order valence-electron chi connectivity index (χ0n) is 14.3. The molecule has 0 atom stereocenters. The molecule has 1 aromatic heterocycles. The molecular formula is C20H17ClN2O3. The molecule has 0 aliphatic carbocycles. The van der Waals surface area contributed by atoms with E-state index in [9.17, 15) is 9.90 Å². The fraction of sp³-hybridized carbons (Fsp3) is 0.100. The number of aromatic carboxylic acids is 1. The highest BCUT2D eigenvalue weighted by molar-refractivity contribution is 6.33. The summed E-state index contributed by atoms with van der Waals surface area (Å²) in [7, 11) is 0. The molecule has 0 fully saturated rings. The Kier molecular flexibility index (Phi) is 4.82. The lowest BCUT2D eigenvalue weighted by molar-refractivity contribution is 0.0697. The number of halogens is 1. The van der Waals surface area contributed by atoms with E-state index in [4.69, 9.17) is 16.7 Å². The summed E-state index contributed by atoms with van der Waals surface area (Å²) in [4.78, 5) is 15.5. The van der Waals surface area contributed by atoms with Crippen molar-refractivity contribution in [2.24, 2.45) is 4.99 Å². The van der Waals surface area contributed by atoms with Gasteiger partial charge in [-0.1, -0.05) is 23.7 Å². The van der Waals surface area contributed by atoms with Crippen molar-refractivity contribution in [2.45, 2.75) is 13.8 Å². The van der Waals surface area contributed by atoms with Gasteiger partial charge in [0.05, 0.1) is 10.6 Å². The van der Waals surface area contributed by atoms with Crippen LogP contribution in [0.15, 0.2) is 53.5 Å². The summed E-state index contributed by atoms with van der Waals surface area (Å²) in [6.45, 7) is 3.89. The van der Waals surface area contributed by atoms with Gasteiger partial charge in [-0.05, 0) is 50.2 Å². The Morgan fingerprint density at radius 3 is 2.54 bits per heavy atom. The lowest BCUT2D eigenvalue weighted by atomic mass is 10.2. The Balaban J connectivity index is 2.00. The number of aromatic hydroxyl groups is 1. The fourth-order valence-electron chi connectivity index (χ4n) is 2.84. The van der Waals surface area contributed by atoms with Gasteiger partial charge in [-0.2, -0.15) is 0 Å². The summed E-state index contributed by atoms with van der Waals surface area (Å²) in [5, 5.41) is 19.1. The summed E-state index contributed by atoms with van der Waals surface area (Å²) in [5.41, 5.74) is 4.12. The normalized spacial score (nSPS) is 11.2. The Morgan fingerprint density at radius 2 is 1.88 bits per heavy atom. The van der Waals surface area contributed by atoms with Crippen molar-refractivity contribution in [3.05, 3.63) is 76.1 Å². The summed E-state index contributed by atoms with van der Waals surface area (Å²) in [6.07, 6.45) is 1.70. The van der Waals surface area contributed by atoms with Gasteiger partial charge >= 0.3 is 5.97 Å². The van der Waals surface area contributed by atoms with Gasteiger partial charge in [0.1, 0.15) is 11.4 Å². The van der Waals surface area contributed by atoms with Gasteiger partial charge < -0.3 is 14.8 Å². The van der Waals surface area contributed by atoms with E-state index in [1.54, 1.807) is 36.5 Å². The molecule has 0 unspecified atom stereocenters. The molecule has 132 valence electrons. The number of para-hydroxylation sites is 2. The third-order valence-electron chi connectivity index (χ3n) is 4.14. The topological polar surface area (TPSA) is 74.8 Å². The van der Waals surface area contributed by atoms with Crippen LogP contribution in [0.4, 0.5) is 5.69 Å². The van der Waals surface area contributed by atoms with E-state index in [1.165, 1.54) is 6.07 Å². The van der Waals surface area contributed by atoms with Crippen LogP contribution in [0.3, 0.4) is 0 Å². The molecule has 2 aromatic carbocycles. The number of hydrogen-bond acceptors (Lipinski definition) is 3. The number of carboxylic acids is 1. The highest BCUT2D eigenvalue weighted by Crippen LogP contribution is 2.27. The molecule has 1 heterocycles. The number of hydrogen-bond donors (Lipinski definition) is 2. The molecule has 0 saturated heterocycles. The first-order valence-electron chi connectivity index (χ1n) is 7.92. The first-order valence-corrected chi connectivity index (χ1v) is 8.30. The lowest BCUT2D eigenvalue weighted by Gasteiger charge is -2.11. The van der Waals surface area contributed by atoms with E-state index in [1.807, 2.05) is 30.5 Å². The number of aryl methyl sites for hydroxylation is 1. The first-order chi connectivity index (χ1) is 12.4. The van der Waals surface area contributed by atoms with Crippen molar-refractivity contribution in [3.8, 4) is 11.4 Å². The van der Waals surface area contributed by atoms with Crippen molar-refractivity contribution >= 4 is 29.5 Å². The summed E-state index contributed by atoms with van der Waals surface area (Å²) >= 11 is 6.10. The highest BCUT2D eigenvalue weighted by Gasteiger charge is 2.13. The number of phenolic OH excluding ortho intramolecular Hbond substituents is 1. The first kappa shape index (κ1) is 17.8. The molecule has 0 aliphatic rings. The van der Waals surface area contributed by atoms with Crippen molar-refractivity contribution in [1.29, 1.82) is 0 Å². The summed E-state index contributed by atoms with van der Waals surface area (Å²) in [6, 6.07) is 13.7. The van der Waals surface area contributed by atoms with Crippen LogP contribution in [-0.2, 0) is 0 Å². The van der Waals surface area contributed by atoms with Gasteiger partial charge in [0.2, 0.25) is 0 Å². The maximum Gasteiger partial charge on any atom is 0.337 e. The molecule has 5 nitrogen and oxygen atoms in total. The molecule has 6 heteroatoms. The molecule has 0 radical (unpaired) electrons. The van der Waals surface area contributed by atoms with Crippen molar-refractivity contribution in [1.82, 2.24) is 4.57 Å². The zero-order chi connectivity index (χ0) is 18.8. The summed E-state index contributed by atoms with van der Waals surface area (Å²) < 4.78 is 1.98. The number of benzene rings is 2. The molecule has 2 N–H and O–H groups in total. The average molecular weight is 369 g/mol. The lowest BCUT2D eigenvalue weighted by Crippen LogP contribution is -2.02. The number of carbonyl (C=O) groups is 1. The van der Waals surface area contributed by atoms with E-state index in [2.05, 4.69) is 4.99 Å². The van der Waals surface area contributed by atoms with E-state index in [-0.39, 0.29) is 16.3 Å². The SMILES string of the molecule is Cc1cc(C=Nc2ccccc2O)c(C)n1-c1ccc(C(=O)O)c(Cl)c1. The van der Waals surface area contributed by atoms with Gasteiger partial charge in [-0.25, -0.2) is 4.79 Å². The molecule has 3 rings (SSSR count). The molecule has 0 spiro atoms. The Hall–Kier alpha value is -3.05. The number of carboxylic acid groups (broad SMARTS) is 1. The Morgan fingerprint density at radius 1 is 1.15 bits per heavy atom. The second kappa shape index (κ2) is 7.06. The van der Waals surface area contributed by atoms with E-state index < -0.39 is 5.97 Å². The predicted octanol–water partition coefficient (Wildman–Crippen LogP) is 4.90. The van der Waals surface area contributed by atoms with Crippen LogP contribution >= 0.6 is 11.6 Å². The second-order valence-corrected chi connectivity index (χ2v) is 6.29. The minimum Gasteiger partial charge on any atom is -0.506 e. The third kappa shape index (κ3) is 3.34. The zero-order valence-corrected chi connectivity index (χ0v) is 15.0. The minimum atomic E-state index is -1.06. The fourth-order valence-corrected chi connectivity index (χ4v) is 3.10. The summed E-state index contributed by atoms with van der Waals surface area (Å²) in [5.74, 6) is -0.938. The maximum absolute atomic E-state index is 11.1. The smallest absolute Gasteiger partial charge is 0.337 e. The van der Waals surface area contributed by atoms with Crippen LogP contribution < -0.4 is 0 Å². The molecule has 3 aromatic rings. The van der Waals surface area contributed by atoms with Crippen LogP contribution in [0.5, 0.6) is 5.75 Å². The maximum atomic E-state index is 11.1. The molecular weight excluding hydrogens is 352 g/mol. The van der Waals surface area contributed by atoms with Crippen molar-refractivity contribution in [3.63, 3.8) is 0 Å². The molecule has 0 saturated carbocycles. The monoisotopic (exact) mass is 368 g/mol. The molecule has 0 aliphatic heterocycles. The largest absolute Gasteiger partial charge is 0.506 e. The van der Waals surface area contributed by atoms with Crippen molar-refractivity contribution < 1.29 is 15.0 Å². The van der Waals surface area contributed by atoms with E-state index in [0.717, 1.165) is 22.6 Å². The van der Waals surface area contributed by atoms with Crippen LogP contribution in [-0.4, -0.2) is 27.0 Å². The molecule has 0 bridgehead atoms. The van der Waals surface area contributed by atoms with Gasteiger partial charge in [0, 0.05) is 28.9 Å². The Bertz CT molecular complexity index is 1020. The standard InChI is InChI=1S/C20H17ClN2O3/c1-12-9-14(11-22-18-5-3-4-6-19(18)24)13(2)23(12)15-7-8-16(20(25)26)17(21)10-15/h3-11,24H,1-2H3,(H,25,26). The number of nitrogens with zero attached hydrogens (tertiary/aromatic N) is 2.